The lowest BCUT2D eigenvalue weighted by atomic mass is 10.0. The van der Waals surface area contributed by atoms with Gasteiger partial charge in [-0.2, -0.15) is 5.10 Å². The summed E-state index contributed by atoms with van der Waals surface area (Å²) in [4.78, 5) is 29.7. The normalized spacial score (nSPS) is 16.2. The van der Waals surface area contributed by atoms with E-state index >= 15 is 0 Å². The lowest BCUT2D eigenvalue weighted by Crippen LogP contribution is -2.44. The number of rotatable bonds is 7. The summed E-state index contributed by atoms with van der Waals surface area (Å²) in [5.74, 6) is 0.672. The Balaban J connectivity index is 1.78. The molecule has 6 nitrogen and oxygen atoms in total. The summed E-state index contributed by atoms with van der Waals surface area (Å²) >= 11 is 3.28. The molecule has 1 N–H and O–H groups in total. The Morgan fingerprint density at radius 3 is 2.61 bits per heavy atom. The third-order valence-electron chi connectivity index (χ3n) is 6.84. The maximum atomic E-state index is 13.7. The second kappa shape index (κ2) is 11.2. The molecule has 0 fully saturated rings. The Bertz CT molecular complexity index is 1450. The van der Waals surface area contributed by atoms with Crippen LogP contribution in [0.1, 0.15) is 47.1 Å². The molecule has 8 heteroatoms. The minimum atomic E-state index is -0.173. The van der Waals surface area contributed by atoms with Crippen molar-refractivity contribution in [1.29, 1.82) is 0 Å². The van der Waals surface area contributed by atoms with Gasteiger partial charge in [-0.15, -0.1) is 23.1 Å². The van der Waals surface area contributed by atoms with Crippen LogP contribution in [0.5, 0.6) is 0 Å². The van der Waals surface area contributed by atoms with E-state index in [2.05, 4.69) is 54.9 Å². The molecule has 0 spiro atoms. The zero-order chi connectivity index (χ0) is 26.8. The summed E-state index contributed by atoms with van der Waals surface area (Å²) in [5, 5.41) is 10.2. The molecule has 2 amide bonds. The SMILES string of the molecule is CC[C@@H](C)NC(=O)CN1C(=O)CS[C@@H](c2cccs2)c2c(-c3ccccc3)nn(-c3ccc(C)cc3C)c21. The molecule has 2 aromatic heterocycles. The predicted octanol–water partition coefficient (Wildman–Crippen LogP) is 6.30. The van der Waals surface area contributed by atoms with Crippen LogP contribution in [0.25, 0.3) is 16.9 Å². The van der Waals surface area contributed by atoms with Gasteiger partial charge < -0.3 is 5.32 Å². The van der Waals surface area contributed by atoms with Crippen LogP contribution in [0, 0.1) is 13.8 Å². The molecular weight excluding hydrogens is 512 g/mol. The van der Waals surface area contributed by atoms with E-state index in [1.165, 1.54) is 0 Å². The van der Waals surface area contributed by atoms with Crippen LogP contribution >= 0.6 is 23.1 Å². The van der Waals surface area contributed by atoms with E-state index in [4.69, 9.17) is 5.10 Å². The van der Waals surface area contributed by atoms with Gasteiger partial charge in [-0.3, -0.25) is 14.5 Å². The van der Waals surface area contributed by atoms with Crippen LogP contribution < -0.4 is 10.2 Å². The maximum absolute atomic E-state index is 13.7. The number of nitrogens with one attached hydrogen (secondary N) is 1. The van der Waals surface area contributed by atoms with Gasteiger partial charge in [0.2, 0.25) is 11.8 Å². The molecule has 5 rings (SSSR count). The first kappa shape index (κ1) is 26.3. The first-order chi connectivity index (χ1) is 18.4. The number of nitrogens with zero attached hydrogens (tertiary/aromatic N) is 3. The number of carbonyl (C=O) groups excluding carboxylic acids is 2. The van der Waals surface area contributed by atoms with E-state index in [1.807, 2.05) is 48.9 Å². The molecule has 2 aromatic carbocycles. The average Bonchev–Trinajstić information content (AvgIpc) is 3.54. The van der Waals surface area contributed by atoms with Crippen LogP contribution in [-0.4, -0.2) is 39.9 Å². The maximum Gasteiger partial charge on any atom is 0.240 e. The molecule has 38 heavy (non-hydrogen) atoms. The molecule has 4 aromatic rings. The first-order valence-electron chi connectivity index (χ1n) is 12.9. The molecule has 0 saturated heterocycles. The lowest BCUT2D eigenvalue weighted by Gasteiger charge is -2.24. The zero-order valence-electron chi connectivity index (χ0n) is 22.1. The van der Waals surface area contributed by atoms with Crippen molar-refractivity contribution in [3.63, 3.8) is 0 Å². The molecule has 3 heterocycles. The van der Waals surface area contributed by atoms with E-state index in [9.17, 15) is 9.59 Å². The number of aryl methyl sites for hydroxylation is 2. The van der Waals surface area contributed by atoms with Crippen LogP contribution in [0.2, 0.25) is 0 Å². The van der Waals surface area contributed by atoms with Crippen molar-refractivity contribution in [2.45, 2.75) is 45.4 Å². The van der Waals surface area contributed by atoms with Gasteiger partial charge in [0.05, 0.1) is 22.4 Å². The smallest absolute Gasteiger partial charge is 0.240 e. The molecule has 0 radical (unpaired) electrons. The number of benzene rings is 2. The average molecular weight is 545 g/mol. The highest BCUT2D eigenvalue weighted by atomic mass is 32.2. The Morgan fingerprint density at radius 1 is 1.13 bits per heavy atom. The molecule has 0 aliphatic carbocycles. The Morgan fingerprint density at radius 2 is 1.92 bits per heavy atom. The number of fused-ring (bicyclic) bond motifs is 1. The number of thiophene rings is 1. The van der Waals surface area contributed by atoms with Crippen molar-refractivity contribution in [2.75, 3.05) is 17.2 Å². The monoisotopic (exact) mass is 544 g/mol. The topological polar surface area (TPSA) is 67.2 Å². The van der Waals surface area contributed by atoms with Gasteiger partial charge in [-0.05, 0) is 50.3 Å². The Hall–Kier alpha value is -3.36. The second-order valence-electron chi connectivity index (χ2n) is 9.72. The quantitative estimate of drug-likeness (QED) is 0.296. The molecule has 1 aliphatic rings. The molecule has 0 saturated carbocycles. The third-order valence-corrected chi connectivity index (χ3v) is 9.16. The molecule has 1 aliphatic heterocycles. The van der Waals surface area contributed by atoms with Gasteiger partial charge >= 0.3 is 0 Å². The van der Waals surface area contributed by atoms with Crippen molar-refractivity contribution in [3.8, 4) is 16.9 Å². The van der Waals surface area contributed by atoms with Gasteiger partial charge in [-0.1, -0.05) is 61.0 Å². The van der Waals surface area contributed by atoms with Crippen LogP contribution in [0.15, 0.2) is 66.0 Å². The summed E-state index contributed by atoms with van der Waals surface area (Å²) in [7, 11) is 0. The molecular formula is C30H32N4O2S2. The number of amides is 2. The fourth-order valence-electron chi connectivity index (χ4n) is 4.77. The zero-order valence-corrected chi connectivity index (χ0v) is 23.7. The third kappa shape index (κ3) is 5.15. The fourth-order valence-corrected chi connectivity index (χ4v) is 6.95. The van der Waals surface area contributed by atoms with E-state index in [-0.39, 0.29) is 35.4 Å². The Kier molecular flexibility index (Phi) is 7.72. The highest BCUT2D eigenvalue weighted by molar-refractivity contribution is 8.00. The van der Waals surface area contributed by atoms with Gasteiger partial charge in [-0.25, -0.2) is 4.68 Å². The highest BCUT2D eigenvalue weighted by Gasteiger charge is 2.38. The molecule has 196 valence electrons. The number of aromatic nitrogens is 2. The standard InChI is InChI=1S/C30H32N4O2S2/c1-5-21(4)31-25(35)17-33-26(36)18-38-29(24-12-9-15-37-24)27-28(22-10-7-6-8-11-22)32-34(30(27)33)23-14-13-19(2)16-20(23)3/h6-16,21,29H,5,17-18H2,1-4H3,(H,31,35)/t21-,29+/m1/s1. The number of thioether (sulfide) groups is 1. The summed E-state index contributed by atoms with van der Waals surface area (Å²) in [5.41, 5.74) is 5.87. The first-order valence-corrected chi connectivity index (χ1v) is 14.8. The number of carbonyl (C=O) groups is 2. The van der Waals surface area contributed by atoms with E-state index in [1.54, 1.807) is 28.0 Å². The molecule has 0 bridgehead atoms. The second-order valence-corrected chi connectivity index (χ2v) is 11.8. The van der Waals surface area contributed by atoms with Crippen molar-refractivity contribution in [2.24, 2.45) is 0 Å². The largest absolute Gasteiger partial charge is 0.352 e. The van der Waals surface area contributed by atoms with Gasteiger partial charge in [0, 0.05) is 22.0 Å². The van der Waals surface area contributed by atoms with Crippen molar-refractivity contribution >= 4 is 40.7 Å². The van der Waals surface area contributed by atoms with Crippen LogP contribution in [0.3, 0.4) is 0 Å². The predicted molar refractivity (Wildman–Crippen MR) is 157 cm³/mol. The van der Waals surface area contributed by atoms with Gasteiger partial charge in [0.15, 0.2) is 0 Å². The summed E-state index contributed by atoms with van der Waals surface area (Å²) < 4.78 is 1.88. The van der Waals surface area contributed by atoms with Gasteiger partial charge in [0.1, 0.15) is 12.4 Å². The summed E-state index contributed by atoms with van der Waals surface area (Å²) in [6.07, 6.45) is 0.819. The summed E-state index contributed by atoms with van der Waals surface area (Å²) in [6, 6.07) is 20.5. The Labute approximate surface area is 232 Å². The highest BCUT2D eigenvalue weighted by Crippen LogP contribution is 2.49. The van der Waals surface area contributed by atoms with Crippen molar-refractivity contribution in [1.82, 2.24) is 15.1 Å². The van der Waals surface area contributed by atoms with Crippen LogP contribution in [0.4, 0.5) is 5.82 Å². The van der Waals surface area contributed by atoms with Crippen molar-refractivity contribution < 1.29 is 9.59 Å². The van der Waals surface area contributed by atoms with Crippen molar-refractivity contribution in [3.05, 3.63) is 87.6 Å². The number of hydrogen-bond donors (Lipinski definition) is 1. The van der Waals surface area contributed by atoms with E-state index in [0.717, 1.165) is 44.9 Å². The van der Waals surface area contributed by atoms with Gasteiger partial charge in [0.25, 0.3) is 0 Å². The van der Waals surface area contributed by atoms with Crippen LogP contribution in [-0.2, 0) is 9.59 Å². The fraction of sp³-hybridized carbons (Fsp3) is 0.300. The molecule has 2 atom stereocenters. The minimum Gasteiger partial charge on any atom is -0.352 e. The van der Waals surface area contributed by atoms with E-state index < -0.39 is 0 Å². The number of hydrogen-bond acceptors (Lipinski definition) is 5. The molecule has 0 unspecified atom stereocenters. The summed E-state index contributed by atoms with van der Waals surface area (Å²) in [6.45, 7) is 8.07. The minimum absolute atomic E-state index is 0.0291. The lowest BCUT2D eigenvalue weighted by molar-refractivity contribution is -0.123. The van der Waals surface area contributed by atoms with E-state index in [0.29, 0.717) is 5.82 Å². The number of anilines is 1.